The number of carbonyl (C=O) groups excluding carboxylic acids is 1. The van der Waals surface area contributed by atoms with Crippen molar-refractivity contribution < 1.29 is 14.3 Å². The third-order valence-corrected chi connectivity index (χ3v) is 3.82. The maximum atomic E-state index is 11.9. The molecule has 0 aliphatic heterocycles. The smallest absolute Gasteiger partial charge is 0.407 e. The number of amides is 1. The van der Waals surface area contributed by atoms with Gasteiger partial charge in [-0.05, 0) is 46.6 Å². The van der Waals surface area contributed by atoms with Crippen LogP contribution in [0.5, 0.6) is 5.75 Å². The van der Waals surface area contributed by atoms with Crippen molar-refractivity contribution >= 4 is 6.09 Å². The van der Waals surface area contributed by atoms with Crippen LogP contribution < -0.4 is 15.4 Å². The molecule has 2 unspecified atom stereocenters. The van der Waals surface area contributed by atoms with E-state index in [1.807, 2.05) is 45.9 Å². The normalized spacial score (nSPS) is 14.1. The maximum absolute atomic E-state index is 11.9. The Bertz CT molecular complexity index is 538. The van der Waals surface area contributed by atoms with E-state index in [9.17, 15) is 4.79 Å². The van der Waals surface area contributed by atoms with Crippen molar-refractivity contribution in [1.29, 1.82) is 0 Å². The summed E-state index contributed by atoms with van der Waals surface area (Å²) < 4.78 is 11.0. The van der Waals surface area contributed by atoms with Gasteiger partial charge in [0, 0.05) is 24.2 Å². The van der Waals surface area contributed by atoms with E-state index in [1.165, 1.54) is 0 Å². The van der Waals surface area contributed by atoms with Gasteiger partial charge in [0.05, 0.1) is 6.61 Å². The Balaban J connectivity index is 2.70. The van der Waals surface area contributed by atoms with Crippen LogP contribution in [-0.4, -0.2) is 30.9 Å². The van der Waals surface area contributed by atoms with Crippen LogP contribution in [-0.2, 0) is 4.74 Å². The number of alkyl carbamates (subject to hydrolysis) is 1. The van der Waals surface area contributed by atoms with Gasteiger partial charge in [0.25, 0.3) is 0 Å². The van der Waals surface area contributed by atoms with Crippen molar-refractivity contribution in [3.63, 3.8) is 0 Å². The van der Waals surface area contributed by atoms with Gasteiger partial charge in [0.15, 0.2) is 0 Å². The van der Waals surface area contributed by atoms with Crippen molar-refractivity contribution in [3.05, 3.63) is 29.8 Å². The molecule has 0 aliphatic rings. The highest BCUT2D eigenvalue weighted by atomic mass is 16.6. The first-order chi connectivity index (χ1) is 11.6. The monoisotopic (exact) mass is 350 g/mol. The standard InChI is InChI=1S/C20H34N2O3/c1-8-24-18-12-10-9-11-16(18)15(4)22-17(14(2)3)13-21-19(23)25-20(5,6)7/h9-12,14-15,17,22H,8,13H2,1-7H3,(H,21,23). The van der Waals surface area contributed by atoms with E-state index in [1.54, 1.807) is 0 Å². The van der Waals surface area contributed by atoms with E-state index in [-0.39, 0.29) is 18.2 Å². The molecule has 1 aromatic rings. The molecule has 1 rings (SSSR count). The molecule has 2 atom stereocenters. The molecule has 0 fully saturated rings. The summed E-state index contributed by atoms with van der Waals surface area (Å²) in [7, 11) is 0. The molecule has 5 heteroatoms. The lowest BCUT2D eigenvalue weighted by molar-refractivity contribution is 0.0518. The molecule has 5 nitrogen and oxygen atoms in total. The molecular formula is C20H34N2O3. The van der Waals surface area contributed by atoms with Crippen LogP contribution in [0.25, 0.3) is 0 Å². The number of ether oxygens (including phenoxy) is 2. The van der Waals surface area contributed by atoms with Gasteiger partial charge in [-0.3, -0.25) is 0 Å². The fraction of sp³-hybridized carbons (Fsp3) is 0.650. The molecule has 1 aromatic carbocycles. The Morgan fingerprint density at radius 1 is 1.16 bits per heavy atom. The molecule has 0 aliphatic carbocycles. The van der Waals surface area contributed by atoms with Gasteiger partial charge >= 0.3 is 6.09 Å². The van der Waals surface area contributed by atoms with Gasteiger partial charge in [-0.15, -0.1) is 0 Å². The molecule has 0 aromatic heterocycles. The number of carbonyl (C=O) groups is 1. The molecule has 25 heavy (non-hydrogen) atoms. The maximum Gasteiger partial charge on any atom is 0.407 e. The van der Waals surface area contributed by atoms with Gasteiger partial charge in [-0.25, -0.2) is 4.79 Å². The van der Waals surface area contributed by atoms with Crippen LogP contribution in [0, 0.1) is 5.92 Å². The Hall–Kier alpha value is -1.75. The van der Waals surface area contributed by atoms with Crippen LogP contribution >= 0.6 is 0 Å². The molecule has 0 spiro atoms. The molecule has 1 amide bonds. The highest BCUT2D eigenvalue weighted by Crippen LogP contribution is 2.25. The van der Waals surface area contributed by atoms with Crippen molar-refractivity contribution in [2.24, 2.45) is 5.92 Å². The number of benzene rings is 1. The Morgan fingerprint density at radius 3 is 2.36 bits per heavy atom. The summed E-state index contributed by atoms with van der Waals surface area (Å²) in [6.07, 6.45) is -0.387. The fourth-order valence-electron chi connectivity index (χ4n) is 2.53. The predicted octanol–water partition coefficient (Wildman–Crippen LogP) is 4.29. The fourth-order valence-corrected chi connectivity index (χ4v) is 2.53. The lowest BCUT2D eigenvalue weighted by Gasteiger charge is -2.28. The first-order valence-electron chi connectivity index (χ1n) is 9.08. The molecule has 0 saturated heterocycles. The quantitative estimate of drug-likeness (QED) is 0.734. The summed E-state index contributed by atoms with van der Waals surface area (Å²) in [4.78, 5) is 11.9. The van der Waals surface area contributed by atoms with Crippen LogP contribution in [0.3, 0.4) is 0 Å². The second-order valence-corrected chi connectivity index (χ2v) is 7.59. The topological polar surface area (TPSA) is 59.6 Å². The zero-order chi connectivity index (χ0) is 19.0. The summed E-state index contributed by atoms with van der Waals surface area (Å²) in [6.45, 7) is 15.1. The third kappa shape index (κ3) is 7.78. The zero-order valence-corrected chi connectivity index (χ0v) is 16.7. The molecule has 142 valence electrons. The van der Waals surface area contributed by atoms with Crippen molar-refractivity contribution in [2.45, 2.75) is 66.2 Å². The SMILES string of the molecule is CCOc1ccccc1C(C)NC(CNC(=O)OC(C)(C)C)C(C)C. The van der Waals surface area contributed by atoms with E-state index in [4.69, 9.17) is 9.47 Å². The van der Waals surface area contributed by atoms with E-state index in [0.717, 1.165) is 11.3 Å². The van der Waals surface area contributed by atoms with Crippen LogP contribution in [0.15, 0.2) is 24.3 Å². The minimum Gasteiger partial charge on any atom is -0.494 e. The molecule has 0 heterocycles. The first kappa shape index (κ1) is 21.3. The number of para-hydroxylation sites is 1. The lowest BCUT2D eigenvalue weighted by atomic mass is 10.0. The lowest BCUT2D eigenvalue weighted by Crippen LogP contribution is -2.46. The largest absolute Gasteiger partial charge is 0.494 e. The van der Waals surface area contributed by atoms with E-state index < -0.39 is 5.60 Å². The van der Waals surface area contributed by atoms with Crippen molar-refractivity contribution in [2.75, 3.05) is 13.2 Å². The summed E-state index contributed by atoms with van der Waals surface area (Å²) in [5.41, 5.74) is 0.626. The molecular weight excluding hydrogens is 316 g/mol. The highest BCUT2D eigenvalue weighted by Gasteiger charge is 2.21. The zero-order valence-electron chi connectivity index (χ0n) is 16.7. The summed E-state index contributed by atoms with van der Waals surface area (Å²) in [6, 6.07) is 8.28. The van der Waals surface area contributed by atoms with Crippen LogP contribution in [0.4, 0.5) is 4.79 Å². The van der Waals surface area contributed by atoms with E-state index >= 15 is 0 Å². The Kier molecular flexibility index (Phi) is 8.23. The minimum atomic E-state index is -0.492. The van der Waals surface area contributed by atoms with Crippen molar-refractivity contribution in [1.82, 2.24) is 10.6 Å². The van der Waals surface area contributed by atoms with E-state index in [2.05, 4.69) is 37.5 Å². The van der Waals surface area contributed by atoms with Crippen LogP contribution in [0.2, 0.25) is 0 Å². The Labute approximate surface area is 152 Å². The summed E-state index contributed by atoms with van der Waals surface area (Å²) >= 11 is 0. The molecule has 0 bridgehead atoms. The molecule has 0 radical (unpaired) electrons. The summed E-state index contributed by atoms with van der Waals surface area (Å²) in [5, 5.41) is 6.46. The minimum absolute atomic E-state index is 0.107. The Morgan fingerprint density at radius 2 is 1.80 bits per heavy atom. The second kappa shape index (κ2) is 9.66. The van der Waals surface area contributed by atoms with Gasteiger partial charge in [-0.2, -0.15) is 0 Å². The second-order valence-electron chi connectivity index (χ2n) is 7.59. The number of hydrogen-bond acceptors (Lipinski definition) is 4. The average Bonchev–Trinajstić information content (AvgIpc) is 2.50. The first-order valence-corrected chi connectivity index (χ1v) is 9.08. The van der Waals surface area contributed by atoms with Crippen molar-refractivity contribution in [3.8, 4) is 5.75 Å². The van der Waals surface area contributed by atoms with Gasteiger partial charge < -0.3 is 20.1 Å². The summed E-state index contributed by atoms with van der Waals surface area (Å²) in [5.74, 6) is 1.25. The molecule has 2 N–H and O–H groups in total. The average molecular weight is 351 g/mol. The number of rotatable bonds is 8. The van der Waals surface area contributed by atoms with Gasteiger partial charge in [0.1, 0.15) is 11.4 Å². The highest BCUT2D eigenvalue weighted by molar-refractivity contribution is 5.67. The molecule has 0 saturated carbocycles. The van der Waals surface area contributed by atoms with Gasteiger partial charge in [-0.1, -0.05) is 32.0 Å². The number of hydrogen-bond donors (Lipinski definition) is 2. The third-order valence-electron chi connectivity index (χ3n) is 3.82. The number of nitrogens with one attached hydrogen (secondary N) is 2. The van der Waals surface area contributed by atoms with Gasteiger partial charge in [0.2, 0.25) is 0 Å². The van der Waals surface area contributed by atoms with Crippen LogP contribution in [0.1, 0.15) is 60.1 Å². The predicted molar refractivity (Wildman–Crippen MR) is 102 cm³/mol. The van der Waals surface area contributed by atoms with E-state index in [0.29, 0.717) is 19.1 Å².